The van der Waals surface area contributed by atoms with Gasteiger partial charge in [-0.25, -0.2) is 0 Å². The molecule has 2 bridgehead atoms. The smallest absolute Gasteiger partial charge is 0.244 e. The first-order chi connectivity index (χ1) is 12.5. The molecule has 3 aliphatic rings. The summed E-state index contributed by atoms with van der Waals surface area (Å²) in [5.74, 6) is -0.928. The van der Waals surface area contributed by atoms with E-state index in [0.717, 1.165) is 27.9 Å². The summed E-state index contributed by atoms with van der Waals surface area (Å²) in [6.45, 7) is 1.76. The zero-order valence-electron chi connectivity index (χ0n) is 14.4. The molecular weight excluding hydrogens is 330 g/mol. The van der Waals surface area contributed by atoms with Gasteiger partial charge in [-0.1, -0.05) is 12.2 Å². The fraction of sp³-hybridized carbons (Fsp3) is 0.350. The van der Waals surface area contributed by atoms with Crippen molar-refractivity contribution < 1.29 is 14.4 Å². The topological polar surface area (TPSA) is 82.3 Å². The molecule has 2 fully saturated rings. The van der Waals surface area contributed by atoms with Gasteiger partial charge in [0.25, 0.3) is 0 Å². The number of nitrogens with zero attached hydrogens (tertiary/aromatic N) is 1. The summed E-state index contributed by atoms with van der Waals surface area (Å²) in [5, 5.41) is 3.81. The molecule has 0 unspecified atom stereocenters. The predicted molar refractivity (Wildman–Crippen MR) is 96.1 cm³/mol. The lowest BCUT2D eigenvalue weighted by atomic mass is 9.85. The molecule has 26 heavy (non-hydrogen) atoms. The van der Waals surface area contributed by atoms with Crippen molar-refractivity contribution in [3.05, 3.63) is 42.1 Å². The van der Waals surface area contributed by atoms with Crippen LogP contribution >= 0.6 is 0 Å². The van der Waals surface area contributed by atoms with E-state index in [1.165, 1.54) is 0 Å². The number of aromatic nitrogens is 1. The fourth-order valence-corrected chi connectivity index (χ4v) is 4.82. The van der Waals surface area contributed by atoms with Crippen molar-refractivity contribution in [2.75, 3.05) is 11.9 Å². The van der Waals surface area contributed by atoms with Crippen molar-refractivity contribution in [2.45, 2.75) is 13.3 Å². The average Bonchev–Trinajstić information content (AvgIpc) is 3.34. The van der Waals surface area contributed by atoms with Crippen LogP contribution in [0.2, 0.25) is 0 Å². The van der Waals surface area contributed by atoms with Crippen LogP contribution in [-0.2, 0) is 14.4 Å². The Bertz CT molecular complexity index is 959. The highest BCUT2D eigenvalue weighted by Gasteiger charge is 2.59. The monoisotopic (exact) mass is 349 g/mol. The van der Waals surface area contributed by atoms with Gasteiger partial charge in [-0.3, -0.25) is 19.3 Å². The number of nitrogens with one attached hydrogen (secondary N) is 2. The summed E-state index contributed by atoms with van der Waals surface area (Å²) in [6.07, 6.45) is 4.99. The molecule has 2 heterocycles. The van der Waals surface area contributed by atoms with E-state index in [-0.39, 0.29) is 47.9 Å². The number of fused-ring (bicyclic) bond motifs is 6. The second-order valence-corrected chi connectivity index (χ2v) is 7.57. The lowest BCUT2D eigenvalue weighted by Crippen LogP contribution is -2.39. The van der Waals surface area contributed by atoms with E-state index in [2.05, 4.69) is 22.5 Å². The largest absolute Gasteiger partial charge is 0.359 e. The van der Waals surface area contributed by atoms with Gasteiger partial charge in [-0.05, 0) is 49.4 Å². The molecule has 1 aromatic heterocycles. The van der Waals surface area contributed by atoms with Crippen LogP contribution in [0.25, 0.3) is 10.9 Å². The van der Waals surface area contributed by atoms with E-state index in [4.69, 9.17) is 0 Å². The van der Waals surface area contributed by atoms with Gasteiger partial charge in [-0.2, -0.15) is 0 Å². The van der Waals surface area contributed by atoms with Gasteiger partial charge in [0.05, 0.1) is 11.8 Å². The molecular formula is C20H19N3O3. The highest BCUT2D eigenvalue weighted by molar-refractivity contribution is 6.09. The molecule has 1 saturated carbocycles. The first-order valence-corrected chi connectivity index (χ1v) is 8.94. The Labute approximate surface area is 150 Å². The van der Waals surface area contributed by atoms with Crippen molar-refractivity contribution in [3.8, 4) is 0 Å². The maximum atomic E-state index is 12.6. The number of hydrogen-bond acceptors (Lipinski definition) is 3. The van der Waals surface area contributed by atoms with Crippen molar-refractivity contribution >= 4 is 34.3 Å². The number of anilines is 1. The summed E-state index contributed by atoms with van der Waals surface area (Å²) < 4.78 is 0. The number of aromatic amines is 1. The summed E-state index contributed by atoms with van der Waals surface area (Å²) in [5.41, 5.74) is 2.70. The summed E-state index contributed by atoms with van der Waals surface area (Å²) in [7, 11) is 0. The van der Waals surface area contributed by atoms with Gasteiger partial charge in [0.15, 0.2) is 0 Å². The average molecular weight is 349 g/mol. The molecule has 1 aliphatic heterocycles. The van der Waals surface area contributed by atoms with E-state index >= 15 is 0 Å². The molecule has 5 rings (SSSR count). The Morgan fingerprint density at radius 1 is 1.15 bits per heavy atom. The van der Waals surface area contributed by atoms with Gasteiger partial charge in [0, 0.05) is 22.3 Å². The second kappa shape index (κ2) is 5.30. The summed E-state index contributed by atoms with van der Waals surface area (Å²) in [4.78, 5) is 42.1. The minimum Gasteiger partial charge on any atom is -0.359 e. The van der Waals surface area contributed by atoms with E-state index < -0.39 is 0 Å². The summed E-state index contributed by atoms with van der Waals surface area (Å²) in [6, 6.07) is 7.59. The molecule has 2 N–H and O–H groups in total. The number of carbonyl (C=O) groups is 3. The minimum atomic E-state index is -0.349. The maximum Gasteiger partial charge on any atom is 0.244 e. The van der Waals surface area contributed by atoms with Crippen LogP contribution in [0.3, 0.4) is 0 Å². The first kappa shape index (κ1) is 15.4. The van der Waals surface area contributed by atoms with Gasteiger partial charge in [-0.15, -0.1) is 0 Å². The molecule has 6 nitrogen and oxygen atoms in total. The summed E-state index contributed by atoms with van der Waals surface area (Å²) >= 11 is 0. The van der Waals surface area contributed by atoms with E-state index in [1.807, 2.05) is 31.2 Å². The Morgan fingerprint density at radius 2 is 1.85 bits per heavy atom. The van der Waals surface area contributed by atoms with Crippen molar-refractivity contribution in [1.82, 2.24) is 9.88 Å². The molecule has 0 spiro atoms. The number of benzene rings is 1. The number of carbonyl (C=O) groups excluding carboxylic acids is 3. The predicted octanol–water partition coefficient (Wildman–Crippen LogP) is 2.22. The molecule has 1 aromatic carbocycles. The fourth-order valence-electron chi connectivity index (χ4n) is 4.82. The Balaban J connectivity index is 1.31. The number of imide groups is 1. The standard InChI is InChI=1S/C20H19N3O3/c1-10-6-13-8-14(4-5-15(13)21-10)22-16(24)9-23-19(25)17-11-2-3-12(7-11)18(17)20(23)26/h2-6,8,11-12,17-18,21H,7,9H2,1H3,(H,22,24)/t11-,12-,17-,18+/m0/s1. The SMILES string of the molecule is Cc1cc2cc(NC(=O)CN3C(=O)[C@@H]4[C@H](C3=O)[C@H]3C=C[C@H]4C3)ccc2[nH]1. The van der Waals surface area contributed by atoms with E-state index in [0.29, 0.717) is 5.69 Å². The second-order valence-electron chi connectivity index (χ2n) is 7.57. The molecule has 4 atom stereocenters. The van der Waals surface area contributed by atoms with Crippen LogP contribution in [0.15, 0.2) is 36.4 Å². The minimum absolute atomic E-state index is 0.161. The van der Waals surface area contributed by atoms with Crippen molar-refractivity contribution in [3.63, 3.8) is 0 Å². The normalized spacial score (nSPS) is 29.0. The van der Waals surface area contributed by atoms with E-state index in [1.54, 1.807) is 0 Å². The van der Waals surface area contributed by atoms with Crippen LogP contribution in [0.1, 0.15) is 12.1 Å². The molecule has 2 aromatic rings. The first-order valence-electron chi connectivity index (χ1n) is 8.94. The molecule has 2 aliphatic carbocycles. The number of likely N-dealkylation sites (tertiary alicyclic amines) is 1. The zero-order valence-corrected chi connectivity index (χ0v) is 14.4. The maximum absolute atomic E-state index is 12.6. The van der Waals surface area contributed by atoms with Crippen LogP contribution < -0.4 is 5.32 Å². The zero-order chi connectivity index (χ0) is 18.0. The number of aryl methyl sites for hydroxylation is 1. The number of amides is 3. The molecule has 132 valence electrons. The van der Waals surface area contributed by atoms with Crippen LogP contribution in [0.4, 0.5) is 5.69 Å². The number of allylic oxidation sites excluding steroid dienone is 2. The number of H-pyrrole nitrogens is 1. The third-order valence-electron chi connectivity index (χ3n) is 5.90. The Kier molecular flexibility index (Phi) is 3.13. The van der Waals surface area contributed by atoms with Gasteiger partial charge in [0.1, 0.15) is 6.54 Å². The quantitative estimate of drug-likeness (QED) is 0.658. The van der Waals surface area contributed by atoms with Crippen LogP contribution in [-0.4, -0.2) is 34.2 Å². The van der Waals surface area contributed by atoms with Gasteiger partial charge in [0.2, 0.25) is 17.7 Å². The molecule has 0 radical (unpaired) electrons. The third kappa shape index (κ3) is 2.14. The highest BCUT2D eigenvalue weighted by atomic mass is 16.2. The van der Waals surface area contributed by atoms with Crippen molar-refractivity contribution in [2.24, 2.45) is 23.7 Å². The van der Waals surface area contributed by atoms with Gasteiger partial charge < -0.3 is 10.3 Å². The van der Waals surface area contributed by atoms with Crippen LogP contribution in [0, 0.1) is 30.6 Å². The molecule has 6 heteroatoms. The lowest BCUT2D eigenvalue weighted by Gasteiger charge is -2.16. The Morgan fingerprint density at radius 3 is 2.54 bits per heavy atom. The lowest BCUT2D eigenvalue weighted by molar-refractivity contribution is -0.143. The van der Waals surface area contributed by atoms with E-state index in [9.17, 15) is 14.4 Å². The number of hydrogen-bond donors (Lipinski definition) is 2. The van der Waals surface area contributed by atoms with Crippen molar-refractivity contribution in [1.29, 1.82) is 0 Å². The van der Waals surface area contributed by atoms with Gasteiger partial charge >= 0.3 is 0 Å². The van der Waals surface area contributed by atoms with Crippen LogP contribution in [0.5, 0.6) is 0 Å². The third-order valence-corrected chi connectivity index (χ3v) is 5.90. The Hall–Kier alpha value is -2.89. The molecule has 1 saturated heterocycles. The highest BCUT2D eigenvalue weighted by Crippen LogP contribution is 2.52. The number of rotatable bonds is 3. The molecule has 3 amide bonds.